The lowest BCUT2D eigenvalue weighted by molar-refractivity contribution is 0.0698. The second kappa shape index (κ2) is 5.09. The molecule has 7 heteroatoms. The first-order chi connectivity index (χ1) is 9.65. The number of nitrogens with zero attached hydrogens (tertiary/aromatic N) is 3. The van der Waals surface area contributed by atoms with Crippen molar-refractivity contribution < 1.29 is 15.0 Å². The molecule has 0 aliphatic heterocycles. The summed E-state index contributed by atoms with van der Waals surface area (Å²) in [5.74, 6) is -0.492. The lowest BCUT2D eigenvalue weighted by atomic mass is 9.93. The molecule has 1 fully saturated rings. The Bertz CT molecular complexity index is 640. The van der Waals surface area contributed by atoms with Gasteiger partial charge >= 0.3 is 5.97 Å². The Morgan fingerprint density at radius 3 is 2.95 bits per heavy atom. The lowest BCUT2D eigenvalue weighted by Crippen LogP contribution is -2.36. The van der Waals surface area contributed by atoms with E-state index in [9.17, 15) is 9.90 Å². The minimum absolute atomic E-state index is 0.0325. The number of aliphatic hydroxyl groups excluding tert-OH is 1. The first kappa shape index (κ1) is 12.9. The molecule has 1 saturated carbocycles. The monoisotopic (exact) mass is 276 g/mol. The van der Waals surface area contributed by atoms with Crippen LogP contribution in [0.2, 0.25) is 0 Å². The minimum atomic E-state index is -1.05. The summed E-state index contributed by atoms with van der Waals surface area (Å²) in [6.45, 7) is 0. The van der Waals surface area contributed by atoms with E-state index in [1.54, 1.807) is 12.3 Å². The molecule has 2 heterocycles. The van der Waals surface area contributed by atoms with Crippen LogP contribution < -0.4 is 5.32 Å². The summed E-state index contributed by atoms with van der Waals surface area (Å²) in [5.41, 5.74) is 0.366. The van der Waals surface area contributed by atoms with Crippen molar-refractivity contribution in [3.8, 4) is 0 Å². The Balaban J connectivity index is 1.88. The van der Waals surface area contributed by atoms with E-state index in [4.69, 9.17) is 5.11 Å². The highest BCUT2D eigenvalue weighted by atomic mass is 16.4. The predicted molar refractivity (Wildman–Crippen MR) is 71.8 cm³/mol. The van der Waals surface area contributed by atoms with Gasteiger partial charge in [0.05, 0.1) is 18.3 Å². The SMILES string of the molecule is O=C(O)c1cnn2ccc(N[C@@H]3CCCC[C@H]3O)nc12. The summed E-state index contributed by atoms with van der Waals surface area (Å²) >= 11 is 0. The van der Waals surface area contributed by atoms with Crippen molar-refractivity contribution in [3.05, 3.63) is 24.0 Å². The minimum Gasteiger partial charge on any atom is -0.477 e. The maximum atomic E-state index is 11.1. The number of carboxylic acids is 1. The zero-order chi connectivity index (χ0) is 14.1. The van der Waals surface area contributed by atoms with Gasteiger partial charge < -0.3 is 15.5 Å². The van der Waals surface area contributed by atoms with E-state index >= 15 is 0 Å². The smallest absolute Gasteiger partial charge is 0.341 e. The van der Waals surface area contributed by atoms with Gasteiger partial charge in [-0.2, -0.15) is 5.10 Å². The molecule has 0 bridgehead atoms. The van der Waals surface area contributed by atoms with Crippen molar-refractivity contribution >= 4 is 17.4 Å². The maximum Gasteiger partial charge on any atom is 0.341 e. The molecule has 0 spiro atoms. The Morgan fingerprint density at radius 2 is 2.20 bits per heavy atom. The van der Waals surface area contributed by atoms with Gasteiger partial charge in [0.15, 0.2) is 5.65 Å². The third kappa shape index (κ3) is 2.32. The van der Waals surface area contributed by atoms with Gasteiger partial charge in [-0.05, 0) is 18.9 Å². The number of hydrogen-bond donors (Lipinski definition) is 3. The number of fused-ring (bicyclic) bond motifs is 1. The van der Waals surface area contributed by atoms with Crippen LogP contribution in [0.15, 0.2) is 18.5 Å². The van der Waals surface area contributed by atoms with E-state index in [-0.39, 0.29) is 17.7 Å². The van der Waals surface area contributed by atoms with E-state index in [1.165, 1.54) is 10.7 Å². The molecule has 1 aliphatic rings. The summed E-state index contributed by atoms with van der Waals surface area (Å²) < 4.78 is 1.42. The van der Waals surface area contributed by atoms with Crippen molar-refractivity contribution in [2.75, 3.05) is 5.32 Å². The molecule has 0 unspecified atom stereocenters. The summed E-state index contributed by atoms with van der Waals surface area (Å²) in [5, 5.41) is 26.1. The Morgan fingerprint density at radius 1 is 1.40 bits per heavy atom. The van der Waals surface area contributed by atoms with Gasteiger partial charge in [-0.15, -0.1) is 0 Å². The van der Waals surface area contributed by atoms with Crippen LogP contribution in [0.3, 0.4) is 0 Å². The highest BCUT2D eigenvalue weighted by molar-refractivity contribution is 5.94. The molecule has 1 aliphatic carbocycles. The van der Waals surface area contributed by atoms with Crippen molar-refractivity contribution in [1.29, 1.82) is 0 Å². The molecule has 3 rings (SSSR count). The van der Waals surface area contributed by atoms with Crippen LogP contribution in [-0.2, 0) is 0 Å². The number of aromatic carboxylic acids is 1. The molecule has 2 atom stereocenters. The lowest BCUT2D eigenvalue weighted by Gasteiger charge is -2.28. The van der Waals surface area contributed by atoms with Crippen molar-refractivity contribution in [3.63, 3.8) is 0 Å². The number of carbonyl (C=O) groups is 1. The number of hydrogen-bond acceptors (Lipinski definition) is 5. The fourth-order valence-corrected chi connectivity index (χ4v) is 2.57. The van der Waals surface area contributed by atoms with Crippen LogP contribution >= 0.6 is 0 Å². The third-order valence-electron chi connectivity index (χ3n) is 3.66. The van der Waals surface area contributed by atoms with E-state index < -0.39 is 5.97 Å². The van der Waals surface area contributed by atoms with E-state index in [0.29, 0.717) is 11.5 Å². The largest absolute Gasteiger partial charge is 0.477 e. The molecule has 2 aromatic rings. The number of aromatic nitrogens is 3. The molecule has 106 valence electrons. The number of aliphatic hydroxyl groups is 1. The molecule has 0 saturated heterocycles. The van der Waals surface area contributed by atoms with Gasteiger partial charge in [0.1, 0.15) is 11.4 Å². The summed E-state index contributed by atoms with van der Waals surface area (Å²) in [6.07, 6.45) is 6.34. The summed E-state index contributed by atoms with van der Waals surface area (Å²) in [7, 11) is 0. The van der Waals surface area contributed by atoms with E-state index in [2.05, 4.69) is 15.4 Å². The van der Waals surface area contributed by atoms with Gasteiger partial charge in [0.2, 0.25) is 0 Å². The van der Waals surface area contributed by atoms with E-state index in [0.717, 1.165) is 25.7 Å². The van der Waals surface area contributed by atoms with Crippen molar-refractivity contribution in [2.24, 2.45) is 0 Å². The standard InChI is InChI=1S/C13H16N4O3/c18-10-4-2-1-3-9(10)15-11-5-6-17-12(16-11)8(7-14-17)13(19)20/h5-7,9-10,18H,1-4H2,(H,15,16)(H,19,20)/t9-,10-/m1/s1. The molecule has 0 aromatic carbocycles. The summed E-state index contributed by atoms with van der Waals surface area (Å²) in [4.78, 5) is 15.4. The van der Waals surface area contributed by atoms with Gasteiger partial charge in [-0.1, -0.05) is 12.8 Å². The fourth-order valence-electron chi connectivity index (χ4n) is 2.57. The average Bonchev–Trinajstić information content (AvgIpc) is 2.84. The maximum absolute atomic E-state index is 11.1. The Labute approximate surface area is 115 Å². The first-order valence-corrected chi connectivity index (χ1v) is 6.67. The van der Waals surface area contributed by atoms with Crippen LogP contribution in [-0.4, -0.2) is 42.9 Å². The molecular weight excluding hydrogens is 260 g/mol. The number of nitrogens with one attached hydrogen (secondary N) is 1. The van der Waals surface area contributed by atoms with Gasteiger partial charge in [0.25, 0.3) is 0 Å². The Hall–Kier alpha value is -2.15. The number of carboxylic acid groups (broad SMARTS) is 1. The number of rotatable bonds is 3. The topological polar surface area (TPSA) is 99.8 Å². The highest BCUT2D eigenvalue weighted by Gasteiger charge is 2.23. The average molecular weight is 276 g/mol. The molecule has 0 radical (unpaired) electrons. The quantitative estimate of drug-likeness (QED) is 0.777. The molecule has 3 N–H and O–H groups in total. The van der Waals surface area contributed by atoms with Crippen LogP contribution in [0, 0.1) is 0 Å². The van der Waals surface area contributed by atoms with Crippen LogP contribution in [0.5, 0.6) is 0 Å². The molecule has 7 nitrogen and oxygen atoms in total. The second-order valence-electron chi connectivity index (χ2n) is 5.05. The van der Waals surface area contributed by atoms with Crippen molar-refractivity contribution in [1.82, 2.24) is 14.6 Å². The molecule has 0 amide bonds. The van der Waals surface area contributed by atoms with Crippen LogP contribution in [0.1, 0.15) is 36.0 Å². The van der Waals surface area contributed by atoms with Gasteiger partial charge in [-0.25, -0.2) is 14.3 Å². The zero-order valence-electron chi connectivity index (χ0n) is 10.9. The summed E-state index contributed by atoms with van der Waals surface area (Å²) in [6, 6.07) is 1.70. The molecular formula is C13H16N4O3. The normalized spacial score (nSPS) is 22.9. The molecule has 20 heavy (non-hydrogen) atoms. The van der Waals surface area contributed by atoms with Crippen LogP contribution in [0.4, 0.5) is 5.82 Å². The van der Waals surface area contributed by atoms with Gasteiger partial charge in [-0.3, -0.25) is 0 Å². The highest BCUT2D eigenvalue weighted by Crippen LogP contribution is 2.22. The fraction of sp³-hybridized carbons (Fsp3) is 0.462. The van der Waals surface area contributed by atoms with E-state index in [1.807, 2.05) is 0 Å². The second-order valence-corrected chi connectivity index (χ2v) is 5.05. The Kier molecular flexibility index (Phi) is 3.27. The predicted octanol–water partition coefficient (Wildman–Crippen LogP) is 1.14. The molecule has 2 aromatic heterocycles. The van der Waals surface area contributed by atoms with Gasteiger partial charge in [0, 0.05) is 6.20 Å². The van der Waals surface area contributed by atoms with Crippen molar-refractivity contribution in [2.45, 2.75) is 37.8 Å². The third-order valence-corrected chi connectivity index (χ3v) is 3.66. The zero-order valence-corrected chi connectivity index (χ0v) is 10.9. The first-order valence-electron chi connectivity index (χ1n) is 6.67. The number of anilines is 1. The van der Waals surface area contributed by atoms with Crippen LogP contribution in [0.25, 0.3) is 5.65 Å².